The molecule has 2 heterocycles. The lowest BCUT2D eigenvalue weighted by atomic mass is 10.1. The smallest absolute Gasteiger partial charge is 0.465 e. The monoisotopic (exact) mass is 416 g/mol. The van der Waals surface area contributed by atoms with E-state index in [2.05, 4.69) is 5.32 Å². The molecule has 0 aliphatic carbocycles. The molecule has 0 spiro atoms. The van der Waals surface area contributed by atoms with Crippen molar-refractivity contribution in [3.05, 3.63) is 41.3 Å². The fraction of sp³-hybridized carbons (Fsp3) is 0.350. The predicted octanol–water partition coefficient (Wildman–Crippen LogP) is 2.26. The third kappa shape index (κ3) is 4.24. The Morgan fingerprint density at radius 1 is 1.28 bits per heavy atom. The van der Waals surface area contributed by atoms with Crippen molar-refractivity contribution in [1.82, 2.24) is 4.90 Å². The van der Waals surface area contributed by atoms with Crippen molar-refractivity contribution < 1.29 is 28.5 Å². The van der Waals surface area contributed by atoms with Crippen molar-refractivity contribution >= 4 is 47.0 Å². The number of carbonyl (C=O) groups excluding carboxylic acids is 4. The number of methoxy groups -OCH3 is 1. The summed E-state index contributed by atoms with van der Waals surface area (Å²) in [6, 6.07) is 5.97. The molecule has 2 aliphatic rings. The average Bonchev–Trinajstić information content (AvgIpc) is 3.21. The van der Waals surface area contributed by atoms with Crippen LogP contribution in [0.15, 0.2) is 35.7 Å². The SMILES string of the molecule is CCCCN1C(=O)C2SC=CC2=[N+](CC(=O)Nc2ccccc2C(=O)OC)C1=O. The number of imide groups is 1. The maximum atomic E-state index is 12.9. The van der Waals surface area contributed by atoms with E-state index >= 15 is 0 Å². The summed E-state index contributed by atoms with van der Waals surface area (Å²) in [7, 11) is 1.26. The molecule has 2 aliphatic heterocycles. The number of urea groups is 1. The van der Waals surface area contributed by atoms with E-state index < -0.39 is 23.2 Å². The van der Waals surface area contributed by atoms with E-state index in [1.54, 1.807) is 35.7 Å². The van der Waals surface area contributed by atoms with Crippen LogP contribution in [0.3, 0.4) is 0 Å². The molecule has 29 heavy (non-hydrogen) atoms. The zero-order valence-corrected chi connectivity index (χ0v) is 17.0. The molecule has 1 aromatic rings. The molecule has 1 unspecified atom stereocenters. The van der Waals surface area contributed by atoms with Crippen molar-refractivity contribution in [2.75, 3.05) is 25.5 Å². The largest absolute Gasteiger partial charge is 0.501 e. The van der Waals surface area contributed by atoms with Gasteiger partial charge in [-0.05, 0) is 30.0 Å². The van der Waals surface area contributed by atoms with Gasteiger partial charge < -0.3 is 10.1 Å². The van der Waals surface area contributed by atoms with Crippen molar-refractivity contribution in [1.29, 1.82) is 0 Å². The molecule has 0 saturated carbocycles. The van der Waals surface area contributed by atoms with E-state index in [0.717, 1.165) is 6.42 Å². The van der Waals surface area contributed by atoms with Crippen LogP contribution in [0.4, 0.5) is 10.5 Å². The van der Waals surface area contributed by atoms with Gasteiger partial charge in [0.2, 0.25) is 0 Å². The second kappa shape index (κ2) is 9.04. The topological polar surface area (TPSA) is 95.8 Å². The van der Waals surface area contributed by atoms with Crippen molar-refractivity contribution in [3.63, 3.8) is 0 Å². The lowest BCUT2D eigenvalue weighted by Gasteiger charge is -2.24. The number of fused-ring (bicyclic) bond motifs is 1. The highest BCUT2D eigenvalue weighted by atomic mass is 32.2. The summed E-state index contributed by atoms with van der Waals surface area (Å²) >= 11 is 1.32. The van der Waals surface area contributed by atoms with Crippen LogP contribution in [0, 0.1) is 0 Å². The molecule has 4 amide bonds. The Morgan fingerprint density at radius 3 is 2.76 bits per heavy atom. The Hall–Kier alpha value is -2.94. The van der Waals surface area contributed by atoms with Gasteiger partial charge in [-0.25, -0.2) is 9.59 Å². The van der Waals surface area contributed by atoms with Gasteiger partial charge in [-0.3, -0.25) is 4.79 Å². The van der Waals surface area contributed by atoms with E-state index in [0.29, 0.717) is 24.4 Å². The lowest BCUT2D eigenvalue weighted by molar-refractivity contribution is -0.425. The Kier molecular flexibility index (Phi) is 6.48. The molecule has 0 saturated heterocycles. The highest BCUT2D eigenvalue weighted by Gasteiger charge is 2.49. The number of nitrogens with zero attached hydrogens (tertiary/aromatic N) is 2. The second-order valence-electron chi connectivity index (χ2n) is 6.54. The first kappa shape index (κ1) is 20.8. The van der Waals surface area contributed by atoms with E-state index in [1.165, 1.54) is 28.3 Å². The molecule has 8 nitrogen and oxygen atoms in total. The third-order valence-electron chi connectivity index (χ3n) is 4.63. The molecule has 3 rings (SSSR count). The highest BCUT2D eigenvalue weighted by Crippen LogP contribution is 2.28. The summed E-state index contributed by atoms with van der Waals surface area (Å²) in [5.74, 6) is -1.30. The number of anilines is 1. The number of esters is 1. The molecule has 0 fully saturated rings. The van der Waals surface area contributed by atoms with E-state index in [1.807, 2.05) is 6.92 Å². The van der Waals surface area contributed by atoms with Gasteiger partial charge in [0.1, 0.15) is 5.71 Å². The average molecular weight is 416 g/mol. The standard InChI is InChI=1S/C20H21N3O5S/c1-3-4-10-22-18(25)17-15(9-11-29-17)23(20(22)27)12-16(24)21-14-8-6-5-7-13(14)19(26)28-2/h5-9,11,17H,3-4,10,12H2,1-2H3/p+1. The first-order valence-corrected chi connectivity index (χ1v) is 10.2. The summed E-state index contributed by atoms with van der Waals surface area (Å²) in [6.45, 7) is 2.04. The fourth-order valence-electron chi connectivity index (χ4n) is 3.15. The summed E-state index contributed by atoms with van der Waals surface area (Å²) in [6.07, 6.45) is 3.23. The number of amides is 4. The zero-order chi connectivity index (χ0) is 21.0. The number of thioether (sulfide) groups is 1. The number of para-hydroxylation sites is 1. The van der Waals surface area contributed by atoms with Crippen LogP contribution in [0.25, 0.3) is 0 Å². The number of carbonyl (C=O) groups is 4. The molecule has 1 aromatic carbocycles. The molecular formula is C20H22N3O5S+. The van der Waals surface area contributed by atoms with Crippen molar-refractivity contribution in [3.8, 4) is 0 Å². The highest BCUT2D eigenvalue weighted by molar-refractivity contribution is 8.04. The van der Waals surface area contributed by atoms with Gasteiger partial charge in [0, 0.05) is 0 Å². The molecule has 0 aromatic heterocycles. The molecule has 0 radical (unpaired) electrons. The molecule has 9 heteroatoms. The number of rotatable bonds is 7. The molecule has 0 bridgehead atoms. The van der Waals surface area contributed by atoms with Gasteiger partial charge in [0.05, 0.1) is 24.9 Å². The Balaban J connectivity index is 1.83. The van der Waals surface area contributed by atoms with Gasteiger partial charge in [-0.1, -0.05) is 25.5 Å². The zero-order valence-electron chi connectivity index (χ0n) is 16.2. The van der Waals surface area contributed by atoms with Gasteiger partial charge in [0.25, 0.3) is 5.91 Å². The summed E-state index contributed by atoms with van der Waals surface area (Å²) in [5, 5.41) is 3.90. The maximum absolute atomic E-state index is 12.9. The summed E-state index contributed by atoms with van der Waals surface area (Å²) in [4.78, 5) is 51.3. The van der Waals surface area contributed by atoms with Crippen LogP contribution in [-0.4, -0.2) is 64.5 Å². The number of unbranched alkanes of at least 4 members (excludes halogenated alkanes) is 1. The van der Waals surface area contributed by atoms with E-state index in [4.69, 9.17) is 4.74 Å². The number of hydrogen-bond acceptors (Lipinski definition) is 6. The maximum Gasteiger partial charge on any atom is 0.501 e. The van der Waals surface area contributed by atoms with Gasteiger partial charge in [0.15, 0.2) is 11.8 Å². The van der Waals surface area contributed by atoms with Crippen LogP contribution >= 0.6 is 11.8 Å². The molecular weight excluding hydrogens is 394 g/mol. The Bertz CT molecular complexity index is 924. The predicted molar refractivity (Wildman–Crippen MR) is 109 cm³/mol. The summed E-state index contributed by atoms with van der Waals surface area (Å²) < 4.78 is 6.06. The normalized spacial score (nSPS) is 18.1. The van der Waals surface area contributed by atoms with Crippen LogP contribution in [0.1, 0.15) is 30.1 Å². The molecule has 1 atom stereocenters. The minimum absolute atomic E-state index is 0.218. The quantitative estimate of drug-likeness (QED) is 0.541. The minimum Gasteiger partial charge on any atom is -0.465 e. The van der Waals surface area contributed by atoms with Gasteiger partial charge in [-0.2, -0.15) is 14.3 Å². The molecule has 1 N–H and O–H groups in total. The van der Waals surface area contributed by atoms with Gasteiger partial charge >= 0.3 is 17.9 Å². The third-order valence-corrected chi connectivity index (χ3v) is 5.64. The second-order valence-corrected chi connectivity index (χ2v) is 7.56. The lowest BCUT2D eigenvalue weighted by Crippen LogP contribution is -2.56. The Morgan fingerprint density at radius 2 is 2.03 bits per heavy atom. The number of nitrogens with one attached hydrogen (secondary N) is 1. The van der Waals surface area contributed by atoms with Crippen LogP contribution < -0.4 is 5.32 Å². The van der Waals surface area contributed by atoms with Crippen molar-refractivity contribution in [2.45, 2.75) is 25.0 Å². The number of hydrogen-bond donors (Lipinski definition) is 1. The van der Waals surface area contributed by atoms with E-state index in [-0.39, 0.29) is 18.0 Å². The Labute approximate surface area is 172 Å². The van der Waals surface area contributed by atoms with Crippen molar-refractivity contribution in [2.24, 2.45) is 0 Å². The minimum atomic E-state index is -0.573. The molecule has 152 valence electrons. The first-order chi connectivity index (χ1) is 14.0. The number of benzene rings is 1. The first-order valence-electron chi connectivity index (χ1n) is 9.26. The van der Waals surface area contributed by atoms with Crippen LogP contribution in [0.5, 0.6) is 0 Å². The van der Waals surface area contributed by atoms with Gasteiger partial charge in [-0.15, -0.1) is 11.8 Å². The number of ether oxygens (including phenoxy) is 1. The fourth-order valence-corrected chi connectivity index (χ4v) is 4.11. The summed E-state index contributed by atoms with van der Waals surface area (Å²) in [5.41, 5.74) is 1.02. The number of allylic oxidation sites excluding steroid dienone is 1. The van der Waals surface area contributed by atoms with Crippen LogP contribution in [-0.2, 0) is 14.3 Å². The van der Waals surface area contributed by atoms with E-state index in [9.17, 15) is 19.2 Å². The van der Waals surface area contributed by atoms with Crippen LogP contribution in [0.2, 0.25) is 0 Å².